The van der Waals surface area contributed by atoms with Crippen LogP contribution < -0.4 is 10.2 Å². The second kappa shape index (κ2) is 11.2. The minimum atomic E-state index is -1.10. The van der Waals surface area contributed by atoms with Crippen LogP contribution in [0.2, 0.25) is 10.0 Å². The van der Waals surface area contributed by atoms with E-state index in [0.29, 0.717) is 10.7 Å². The molecule has 9 heteroatoms. The van der Waals surface area contributed by atoms with Crippen molar-refractivity contribution < 1.29 is 19.1 Å². The Kier molecular flexibility index (Phi) is 8.66. The van der Waals surface area contributed by atoms with Crippen molar-refractivity contribution in [1.29, 1.82) is 5.26 Å². The molecule has 1 N–H and O–H groups in total. The number of nitrogens with one attached hydrogen (secondary N) is 1. The molecule has 7 nitrogen and oxygen atoms in total. The van der Waals surface area contributed by atoms with Gasteiger partial charge in [-0.25, -0.2) is 0 Å². The van der Waals surface area contributed by atoms with Gasteiger partial charge < -0.3 is 15.0 Å². The average Bonchev–Trinajstić information content (AvgIpc) is 2.74. The normalized spacial score (nSPS) is 11.1. The van der Waals surface area contributed by atoms with E-state index in [9.17, 15) is 14.4 Å². The summed E-state index contributed by atoms with van der Waals surface area (Å²) in [6, 6.07) is 15.1. The number of amides is 2. The van der Waals surface area contributed by atoms with Crippen molar-refractivity contribution in [3.63, 3.8) is 0 Å². The van der Waals surface area contributed by atoms with Gasteiger partial charge in [-0.1, -0.05) is 41.4 Å². The molecule has 30 heavy (non-hydrogen) atoms. The molecule has 1 atom stereocenters. The number of nitriles is 1. The molecule has 0 fully saturated rings. The molecule has 0 heterocycles. The van der Waals surface area contributed by atoms with E-state index in [0.717, 1.165) is 0 Å². The highest BCUT2D eigenvalue weighted by Gasteiger charge is 2.25. The standard InChI is InChI=1S/C21H19Cl2N3O4/c1-14(21(29)26(11-5-10-24)16-6-3-2-4-7-16)30-19(27)13-25-20(28)15-8-9-17(22)18(23)12-15/h2-4,6-9,12,14H,5,11,13H2,1H3,(H,25,28). The molecule has 0 aliphatic heterocycles. The SMILES string of the molecule is CC(OC(=O)CNC(=O)c1ccc(Cl)c(Cl)c1)C(=O)N(CCC#N)c1ccccc1. The van der Waals surface area contributed by atoms with Crippen molar-refractivity contribution in [3.05, 3.63) is 64.1 Å². The Morgan fingerprint density at radius 3 is 2.47 bits per heavy atom. The molecule has 156 valence electrons. The molecule has 0 radical (unpaired) electrons. The van der Waals surface area contributed by atoms with Crippen LogP contribution in [-0.2, 0) is 14.3 Å². The molecule has 2 amide bonds. The first kappa shape index (κ1) is 23.2. The summed E-state index contributed by atoms with van der Waals surface area (Å²) < 4.78 is 5.15. The van der Waals surface area contributed by atoms with Crippen molar-refractivity contribution in [3.8, 4) is 6.07 Å². The van der Waals surface area contributed by atoms with E-state index in [1.165, 1.54) is 30.0 Å². The Balaban J connectivity index is 1.94. The molecular weight excluding hydrogens is 429 g/mol. The third kappa shape index (κ3) is 6.48. The molecule has 0 aromatic heterocycles. The van der Waals surface area contributed by atoms with Crippen LogP contribution in [-0.4, -0.2) is 37.0 Å². The number of carbonyl (C=O) groups excluding carboxylic acids is 3. The second-order valence-electron chi connectivity index (χ2n) is 6.18. The molecule has 0 saturated heterocycles. The van der Waals surface area contributed by atoms with Crippen molar-refractivity contribution in [1.82, 2.24) is 5.32 Å². The number of hydrogen-bond acceptors (Lipinski definition) is 5. The highest BCUT2D eigenvalue weighted by molar-refractivity contribution is 6.42. The first-order valence-electron chi connectivity index (χ1n) is 8.99. The quantitative estimate of drug-likeness (QED) is 0.623. The first-order valence-corrected chi connectivity index (χ1v) is 9.75. The highest BCUT2D eigenvalue weighted by atomic mass is 35.5. The van der Waals surface area contributed by atoms with Crippen LogP contribution in [0, 0.1) is 11.3 Å². The molecule has 2 rings (SSSR count). The lowest BCUT2D eigenvalue weighted by Crippen LogP contribution is -2.42. The van der Waals surface area contributed by atoms with Gasteiger partial charge in [-0.15, -0.1) is 0 Å². The molecule has 2 aromatic carbocycles. The summed E-state index contributed by atoms with van der Waals surface area (Å²) in [6.07, 6.45) is -0.973. The van der Waals surface area contributed by atoms with Gasteiger partial charge in [0.05, 0.1) is 22.5 Å². The van der Waals surface area contributed by atoms with Crippen LogP contribution in [0.5, 0.6) is 0 Å². The maximum atomic E-state index is 12.7. The number of anilines is 1. The zero-order valence-corrected chi connectivity index (χ0v) is 17.6. The van der Waals surface area contributed by atoms with Gasteiger partial charge in [0.2, 0.25) is 0 Å². The third-order valence-electron chi connectivity index (χ3n) is 4.01. The number of halogens is 2. The zero-order chi connectivity index (χ0) is 22.1. The monoisotopic (exact) mass is 447 g/mol. The van der Waals surface area contributed by atoms with Crippen LogP contribution in [0.15, 0.2) is 48.5 Å². The fourth-order valence-corrected chi connectivity index (χ4v) is 2.83. The molecular formula is C21H19Cl2N3O4. The molecule has 2 aromatic rings. The number of benzene rings is 2. The van der Waals surface area contributed by atoms with E-state index in [-0.39, 0.29) is 23.6 Å². The third-order valence-corrected chi connectivity index (χ3v) is 4.75. The fraction of sp³-hybridized carbons (Fsp3) is 0.238. The topological polar surface area (TPSA) is 99.5 Å². The van der Waals surface area contributed by atoms with Gasteiger partial charge in [0.1, 0.15) is 6.54 Å². The fourth-order valence-electron chi connectivity index (χ4n) is 2.54. The van der Waals surface area contributed by atoms with Gasteiger partial charge in [-0.3, -0.25) is 14.4 Å². The minimum Gasteiger partial charge on any atom is -0.451 e. The number of hydrogen-bond donors (Lipinski definition) is 1. The molecule has 0 saturated carbocycles. The summed E-state index contributed by atoms with van der Waals surface area (Å²) in [7, 11) is 0. The van der Waals surface area contributed by atoms with Gasteiger partial charge >= 0.3 is 5.97 Å². The summed E-state index contributed by atoms with van der Waals surface area (Å²) >= 11 is 11.7. The first-order chi connectivity index (χ1) is 14.3. The van der Waals surface area contributed by atoms with Crippen molar-refractivity contribution >= 4 is 46.7 Å². The Morgan fingerprint density at radius 2 is 1.83 bits per heavy atom. The zero-order valence-electron chi connectivity index (χ0n) is 16.1. The maximum absolute atomic E-state index is 12.7. The maximum Gasteiger partial charge on any atom is 0.326 e. The van der Waals surface area contributed by atoms with Crippen LogP contribution in [0.4, 0.5) is 5.69 Å². The summed E-state index contributed by atoms with van der Waals surface area (Å²) in [6.45, 7) is 1.17. The second-order valence-corrected chi connectivity index (χ2v) is 6.99. The number of carbonyl (C=O) groups is 3. The number of rotatable bonds is 8. The Morgan fingerprint density at radius 1 is 1.13 bits per heavy atom. The minimum absolute atomic E-state index is 0.126. The van der Waals surface area contributed by atoms with Crippen molar-refractivity contribution in [2.45, 2.75) is 19.4 Å². The van der Waals surface area contributed by atoms with Crippen molar-refractivity contribution in [2.24, 2.45) is 0 Å². The number of ether oxygens (including phenoxy) is 1. The predicted octanol–water partition coefficient (Wildman–Crippen LogP) is 3.60. The average molecular weight is 448 g/mol. The lowest BCUT2D eigenvalue weighted by Gasteiger charge is -2.25. The predicted molar refractivity (Wildman–Crippen MR) is 113 cm³/mol. The van der Waals surface area contributed by atoms with Gasteiger partial charge in [0, 0.05) is 17.8 Å². The van der Waals surface area contributed by atoms with Gasteiger partial charge in [-0.05, 0) is 37.3 Å². The lowest BCUT2D eigenvalue weighted by atomic mass is 10.2. The van der Waals surface area contributed by atoms with Crippen LogP contribution in [0.1, 0.15) is 23.7 Å². The summed E-state index contributed by atoms with van der Waals surface area (Å²) in [5.41, 5.74) is 0.821. The number of esters is 1. The number of para-hydroxylation sites is 1. The van der Waals surface area contributed by atoms with E-state index in [1.807, 2.05) is 6.07 Å². The van der Waals surface area contributed by atoms with Gasteiger partial charge in [0.15, 0.2) is 6.10 Å². The molecule has 0 aliphatic carbocycles. The van der Waals surface area contributed by atoms with E-state index in [1.54, 1.807) is 30.3 Å². The van der Waals surface area contributed by atoms with Crippen LogP contribution in [0.25, 0.3) is 0 Å². The summed E-state index contributed by atoms with van der Waals surface area (Å²) in [4.78, 5) is 38.3. The smallest absolute Gasteiger partial charge is 0.326 e. The largest absolute Gasteiger partial charge is 0.451 e. The molecule has 1 unspecified atom stereocenters. The highest BCUT2D eigenvalue weighted by Crippen LogP contribution is 2.22. The van der Waals surface area contributed by atoms with Gasteiger partial charge in [0.25, 0.3) is 11.8 Å². The Labute approximate surface area is 184 Å². The Bertz CT molecular complexity index is 960. The molecule has 0 bridgehead atoms. The van der Waals surface area contributed by atoms with E-state index < -0.39 is 30.4 Å². The molecule has 0 spiro atoms. The van der Waals surface area contributed by atoms with Crippen LogP contribution in [0.3, 0.4) is 0 Å². The van der Waals surface area contributed by atoms with Crippen LogP contribution >= 0.6 is 23.2 Å². The van der Waals surface area contributed by atoms with Gasteiger partial charge in [-0.2, -0.15) is 5.26 Å². The Hall–Kier alpha value is -3.08. The number of nitrogens with zero attached hydrogens (tertiary/aromatic N) is 2. The summed E-state index contributed by atoms with van der Waals surface area (Å²) in [5, 5.41) is 11.8. The summed E-state index contributed by atoms with van der Waals surface area (Å²) in [5.74, 6) is -1.79. The van der Waals surface area contributed by atoms with E-state index in [4.69, 9.17) is 33.2 Å². The molecule has 0 aliphatic rings. The van der Waals surface area contributed by atoms with Crippen molar-refractivity contribution in [2.75, 3.05) is 18.0 Å². The van der Waals surface area contributed by atoms with E-state index in [2.05, 4.69) is 5.32 Å². The lowest BCUT2D eigenvalue weighted by molar-refractivity contribution is -0.152. The van der Waals surface area contributed by atoms with E-state index >= 15 is 0 Å².